The summed E-state index contributed by atoms with van der Waals surface area (Å²) in [7, 11) is 3.50. The van der Waals surface area contributed by atoms with Gasteiger partial charge in [-0.25, -0.2) is 4.98 Å². The van der Waals surface area contributed by atoms with E-state index >= 15 is 0 Å². The highest BCUT2D eigenvalue weighted by atomic mass is 16.5. The molecular formula is C21H32N4O2. The summed E-state index contributed by atoms with van der Waals surface area (Å²) >= 11 is 0. The van der Waals surface area contributed by atoms with Crippen molar-refractivity contribution in [1.29, 1.82) is 0 Å². The minimum atomic E-state index is 0.0632. The molecule has 0 spiro atoms. The normalized spacial score (nSPS) is 13.5. The second kappa shape index (κ2) is 9.55. The Morgan fingerprint density at radius 1 is 1.22 bits per heavy atom. The number of hydrogen-bond acceptors (Lipinski definition) is 4. The maximum atomic E-state index is 5.60. The maximum absolute atomic E-state index is 5.60. The zero-order valence-electron chi connectivity index (χ0n) is 17.3. The summed E-state index contributed by atoms with van der Waals surface area (Å²) in [5, 5.41) is 6.63. The molecule has 1 unspecified atom stereocenters. The van der Waals surface area contributed by atoms with Gasteiger partial charge in [-0.3, -0.25) is 4.99 Å². The van der Waals surface area contributed by atoms with Crippen molar-refractivity contribution in [1.82, 2.24) is 15.6 Å². The van der Waals surface area contributed by atoms with Crippen LogP contribution in [0, 0.1) is 12.3 Å². The van der Waals surface area contributed by atoms with Crippen LogP contribution in [0.4, 0.5) is 0 Å². The van der Waals surface area contributed by atoms with Crippen molar-refractivity contribution in [3.8, 4) is 11.5 Å². The third-order valence-electron chi connectivity index (χ3n) is 4.45. The van der Waals surface area contributed by atoms with Gasteiger partial charge in [0.05, 0.1) is 11.8 Å². The quantitative estimate of drug-likeness (QED) is 0.576. The summed E-state index contributed by atoms with van der Waals surface area (Å²) in [6.07, 6.45) is 2.57. The highest BCUT2D eigenvalue weighted by Gasteiger charge is 2.24. The van der Waals surface area contributed by atoms with Crippen LogP contribution >= 0.6 is 0 Å². The van der Waals surface area contributed by atoms with Gasteiger partial charge in [0.1, 0.15) is 6.26 Å². The zero-order chi connectivity index (χ0) is 19.9. The van der Waals surface area contributed by atoms with Crippen LogP contribution in [0.2, 0.25) is 0 Å². The number of nitrogens with zero attached hydrogens (tertiary/aromatic N) is 2. The smallest absolute Gasteiger partial charge is 0.226 e. The van der Waals surface area contributed by atoms with Crippen LogP contribution < -0.4 is 10.6 Å². The van der Waals surface area contributed by atoms with Crippen molar-refractivity contribution in [3.63, 3.8) is 0 Å². The summed E-state index contributed by atoms with van der Waals surface area (Å²) in [5.41, 5.74) is 3.19. The molecule has 0 amide bonds. The molecule has 6 heteroatoms. The van der Waals surface area contributed by atoms with Crippen molar-refractivity contribution in [3.05, 3.63) is 41.8 Å². The van der Waals surface area contributed by atoms with Gasteiger partial charge in [0.25, 0.3) is 0 Å². The Kier molecular flexibility index (Phi) is 7.42. The summed E-state index contributed by atoms with van der Waals surface area (Å²) in [6.45, 7) is 9.96. The molecule has 1 aromatic heterocycles. The third kappa shape index (κ3) is 6.40. The van der Waals surface area contributed by atoms with E-state index in [2.05, 4.69) is 60.4 Å². The molecule has 0 saturated heterocycles. The van der Waals surface area contributed by atoms with Crippen molar-refractivity contribution in [2.45, 2.75) is 40.2 Å². The first-order chi connectivity index (χ1) is 12.8. The number of oxazole rings is 1. The predicted molar refractivity (Wildman–Crippen MR) is 110 cm³/mol. The van der Waals surface area contributed by atoms with Gasteiger partial charge in [-0.2, -0.15) is 0 Å². The maximum Gasteiger partial charge on any atom is 0.226 e. The molecule has 1 heterocycles. The van der Waals surface area contributed by atoms with Gasteiger partial charge in [0, 0.05) is 39.2 Å². The zero-order valence-corrected chi connectivity index (χ0v) is 17.3. The lowest BCUT2D eigenvalue weighted by atomic mass is 9.89. The Morgan fingerprint density at radius 2 is 1.93 bits per heavy atom. The number of rotatable bonds is 7. The number of methoxy groups -OCH3 is 1. The lowest BCUT2D eigenvalue weighted by molar-refractivity contribution is 0.0205. The summed E-state index contributed by atoms with van der Waals surface area (Å²) in [4.78, 5) is 8.83. The van der Waals surface area contributed by atoms with E-state index in [0.717, 1.165) is 23.6 Å². The second-order valence-corrected chi connectivity index (χ2v) is 7.73. The number of benzene rings is 1. The van der Waals surface area contributed by atoms with Gasteiger partial charge in [-0.15, -0.1) is 0 Å². The fraction of sp³-hybridized carbons (Fsp3) is 0.524. The third-order valence-corrected chi connectivity index (χ3v) is 4.45. The van der Waals surface area contributed by atoms with Gasteiger partial charge in [0.15, 0.2) is 5.96 Å². The van der Waals surface area contributed by atoms with Crippen molar-refractivity contribution in [2.24, 2.45) is 10.4 Å². The lowest BCUT2D eigenvalue weighted by Gasteiger charge is -2.30. The van der Waals surface area contributed by atoms with Crippen molar-refractivity contribution >= 4 is 5.96 Å². The van der Waals surface area contributed by atoms with E-state index in [-0.39, 0.29) is 11.5 Å². The highest BCUT2D eigenvalue weighted by molar-refractivity contribution is 5.79. The molecule has 27 heavy (non-hydrogen) atoms. The number of guanidine groups is 1. The summed E-state index contributed by atoms with van der Waals surface area (Å²) in [6, 6.07) is 8.16. The predicted octanol–water partition coefficient (Wildman–Crippen LogP) is 3.42. The molecule has 0 radical (unpaired) electrons. The SMILES string of the molecule is CN=C(NCCc1coc(-c2ccc(C)cc2)n1)NCC(OC)C(C)(C)C. The molecule has 0 bridgehead atoms. The first kappa shape index (κ1) is 21.0. The molecule has 0 aliphatic heterocycles. The first-order valence-corrected chi connectivity index (χ1v) is 9.32. The monoisotopic (exact) mass is 372 g/mol. The Hall–Kier alpha value is -2.34. The molecule has 0 saturated carbocycles. The van der Waals surface area contributed by atoms with Gasteiger partial charge in [-0.1, -0.05) is 38.5 Å². The molecule has 2 rings (SSSR count). The number of ether oxygens (including phenoxy) is 1. The van der Waals surface area contributed by atoms with Crippen molar-refractivity contribution < 1.29 is 9.15 Å². The number of aryl methyl sites for hydroxylation is 1. The van der Waals surface area contributed by atoms with E-state index in [1.54, 1.807) is 20.4 Å². The standard InChI is InChI=1S/C21H32N4O2/c1-15-7-9-16(10-8-15)19-25-17(14-27-19)11-12-23-20(22-5)24-13-18(26-6)21(2,3)4/h7-10,14,18H,11-13H2,1-6H3,(H2,22,23,24). The molecule has 148 valence electrons. The van der Waals surface area contributed by atoms with Gasteiger partial charge in [-0.05, 0) is 24.5 Å². The molecule has 0 fully saturated rings. The molecule has 2 aromatic rings. The highest BCUT2D eigenvalue weighted by Crippen LogP contribution is 2.21. The Morgan fingerprint density at radius 3 is 2.52 bits per heavy atom. The average Bonchev–Trinajstić information content (AvgIpc) is 3.09. The fourth-order valence-corrected chi connectivity index (χ4v) is 2.71. The van der Waals surface area contributed by atoms with Crippen LogP contribution in [0.15, 0.2) is 39.9 Å². The molecule has 2 N–H and O–H groups in total. The van der Waals surface area contributed by atoms with Crippen LogP contribution in [-0.2, 0) is 11.2 Å². The fourth-order valence-electron chi connectivity index (χ4n) is 2.71. The Labute approximate surface area is 162 Å². The first-order valence-electron chi connectivity index (χ1n) is 9.32. The van der Waals surface area contributed by atoms with Crippen LogP contribution in [0.5, 0.6) is 0 Å². The van der Waals surface area contributed by atoms with E-state index in [1.165, 1.54) is 5.56 Å². The van der Waals surface area contributed by atoms with E-state index < -0.39 is 0 Å². The van der Waals surface area contributed by atoms with Crippen molar-refractivity contribution in [2.75, 3.05) is 27.2 Å². The lowest BCUT2D eigenvalue weighted by Crippen LogP contribution is -2.45. The summed E-state index contributed by atoms with van der Waals surface area (Å²) in [5.74, 6) is 1.41. The largest absolute Gasteiger partial charge is 0.444 e. The average molecular weight is 373 g/mol. The topological polar surface area (TPSA) is 71.7 Å². The van der Waals surface area contributed by atoms with Gasteiger partial charge in [0.2, 0.25) is 5.89 Å². The van der Waals surface area contributed by atoms with Crippen LogP contribution in [-0.4, -0.2) is 44.3 Å². The number of hydrogen-bond donors (Lipinski definition) is 2. The van der Waals surface area contributed by atoms with E-state index in [9.17, 15) is 0 Å². The summed E-state index contributed by atoms with van der Waals surface area (Å²) < 4.78 is 11.2. The Balaban J connectivity index is 1.82. The number of aromatic nitrogens is 1. The minimum Gasteiger partial charge on any atom is -0.444 e. The minimum absolute atomic E-state index is 0.0632. The number of nitrogens with one attached hydrogen (secondary N) is 2. The molecule has 0 aliphatic carbocycles. The molecule has 1 atom stereocenters. The molecule has 1 aromatic carbocycles. The van der Waals surface area contributed by atoms with Crippen LogP contribution in [0.3, 0.4) is 0 Å². The van der Waals surface area contributed by atoms with Gasteiger partial charge < -0.3 is 19.8 Å². The van der Waals surface area contributed by atoms with Gasteiger partial charge >= 0.3 is 0 Å². The molecular weight excluding hydrogens is 340 g/mol. The second-order valence-electron chi connectivity index (χ2n) is 7.73. The van der Waals surface area contributed by atoms with Crippen LogP contribution in [0.25, 0.3) is 11.5 Å². The van der Waals surface area contributed by atoms with E-state index in [0.29, 0.717) is 19.0 Å². The Bertz CT molecular complexity index is 729. The van der Waals surface area contributed by atoms with Crippen LogP contribution in [0.1, 0.15) is 32.0 Å². The van der Waals surface area contributed by atoms with E-state index in [4.69, 9.17) is 9.15 Å². The molecule has 0 aliphatic rings. The van der Waals surface area contributed by atoms with E-state index in [1.807, 2.05) is 12.1 Å². The number of aliphatic imine (C=N–C) groups is 1. The molecule has 6 nitrogen and oxygen atoms in total.